The van der Waals surface area contributed by atoms with Gasteiger partial charge < -0.3 is 15.0 Å². The van der Waals surface area contributed by atoms with Crippen LogP contribution in [0, 0.1) is 6.92 Å². The van der Waals surface area contributed by atoms with E-state index in [1.165, 1.54) is 18.9 Å². The smallest absolute Gasteiger partial charge is 0.238 e. The van der Waals surface area contributed by atoms with Gasteiger partial charge in [0.15, 0.2) is 5.65 Å². The highest BCUT2D eigenvalue weighted by atomic mass is 35.5. The fourth-order valence-electron chi connectivity index (χ4n) is 3.15. The third kappa shape index (κ3) is 3.93. The molecule has 7 nitrogen and oxygen atoms in total. The van der Waals surface area contributed by atoms with Crippen LogP contribution < -0.4 is 10.1 Å². The van der Waals surface area contributed by atoms with Gasteiger partial charge in [0.2, 0.25) is 11.1 Å². The number of nitrogens with zero attached hydrogens (tertiary/aromatic N) is 3. The van der Waals surface area contributed by atoms with Crippen LogP contribution >= 0.6 is 23.4 Å². The Hall–Kier alpha value is -2.84. The molecule has 154 valence electrons. The lowest BCUT2D eigenvalue weighted by molar-refractivity contribution is -0.115. The zero-order valence-corrected chi connectivity index (χ0v) is 18.3. The number of aryl methyl sites for hydroxylation is 1. The summed E-state index contributed by atoms with van der Waals surface area (Å²) in [5, 5.41) is 13.1. The van der Waals surface area contributed by atoms with Crippen LogP contribution in [0.4, 0.5) is 5.69 Å². The molecule has 9 heteroatoms. The molecule has 0 bridgehead atoms. The number of aromatic nitrogens is 4. The summed E-state index contributed by atoms with van der Waals surface area (Å²) in [5.74, 6) is 0.346. The fraction of sp³-hybridized carbons (Fsp3) is 0.238. The molecule has 0 saturated carbocycles. The largest absolute Gasteiger partial charge is 0.495 e. The van der Waals surface area contributed by atoms with E-state index in [0.29, 0.717) is 39.2 Å². The van der Waals surface area contributed by atoms with Crippen LogP contribution in [0.2, 0.25) is 5.02 Å². The van der Waals surface area contributed by atoms with E-state index in [1.54, 1.807) is 12.1 Å². The van der Waals surface area contributed by atoms with Crippen molar-refractivity contribution in [3.05, 3.63) is 47.0 Å². The van der Waals surface area contributed by atoms with Gasteiger partial charge in [-0.25, -0.2) is 4.98 Å². The van der Waals surface area contributed by atoms with Crippen molar-refractivity contribution in [2.75, 3.05) is 12.4 Å². The number of fused-ring (bicyclic) bond motifs is 3. The molecule has 0 fully saturated rings. The Balaban J connectivity index is 1.56. The number of rotatable bonds is 6. The number of thioether (sulfide) groups is 1. The maximum atomic E-state index is 12.9. The van der Waals surface area contributed by atoms with E-state index in [2.05, 4.69) is 25.5 Å². The topological polar surface area (TPSA) is 92.8 Å². The van der Waals surface area contributed by atoms with Crippen molar-refractivity contribution in [3.63, 3.8) is 0 Å². The molecule has 0 aliphatic heterocycles. The minimum Gasteiger partial charge on any atom is -0.495 e. The van der Waals surface area contributed by atoms with Crippen molar-refractivity contribution in [2.45, 2.75) is 30.7 Å². The van der Waals surface area contributed by atoms with Crippen LogP contribution in [0.5, 0.6) is 5.75 Å². The molecule has 2 N–H and O–H groups in total. The molecular weight excluding hydrogens is 422 g/mol. The van der Waals surface area contributed by atoms with Gasteiger partial charge in [0.1, 0.15) is 11.3 Å². The molecule has 0 spiro atoms. The van der Waals surface area contributed by atoms with Crippen molar-refractivity contribution in [2.24, 2.45) is 0 Å². The number of methoxy groups -OCH3 is 1. The minimum absolute atomic E-state index is 0.164. The number of carbonyl (C=O) groups is 1. The number of benzene rings is 2. The molecule has 1 amide bonds. The van der Waals surface area contributed by atoms with E-state index in [1.807, 2.05) is 38.1 Å². The van der Waals surface area contributed by atoms with Gasteiger partial charge in [-0.1, -0.05) is 48.5 Å². The Kier molecular flexibility index (Phi) is 5.78. The van der Waals surface area contributed by atoms with Gasteiger partial charge in [-0.15, -0.1) is 10.2 Å². The molecule has 1 unspecified atom stereocenters. The Labute approximate surface area is 182 Å². The molecule has 2 aromatic heterocycles. The second kappa shape index (κ2) is 8.49. The predicted octanol–water partition coefficient (Wildman–Crippen LogP) is 4.99. The zero-order valence-electron chi connectivity index (χ0n) is 16.7. The molecule has 30 heavy (non-hydrogen) atoms. The van der Waals surface area contributed by atoms with Crippen LogP contribution in [0.3, 0.4) is 0 Å². The highest BCUT2D eigenvalue weighted by molar-refractivity contribution is 8.00. The maximum Gasteiger partial charge on any atom is 0.238 e. The van der Waals surface area contributed by atoms with Gasteiger partial charge in [0.25, 0.3) is 0 Å². The van der Waals surface area contributed by atoms with E-state index in [4.69, 9.17) is 16.3 Å². The third-order valence-electron chi connectivity index (χ3n) is 4.75. The molecule has 1 atom stereocenters. The van der Waals surface area contributed by atoms with Crippen molar-refractivity contribution >= 4 is 57.0 Å². The minimum atomic E-state index is -0.394. The summed E-state index contributed by atoms with van der Waals surface area (Å²) < 4.78 is 5.35. The first kappa shape index (κ1) is 20.4. The number of amides is 1. The Bertz CT molecular complexity index is 1240. The summed E-state index contributed by atoms with van der Waals surface area (Å²) in [7, 11) is 1.54. The lowest BCUT2D eigenvalue weighted by atomic mass is 10.2. The van der Waals surface area contributed by atoms with E-state index < -0.39 is 5.25 Å². The summed E-state index contributed by atoms with van der Waals surface area (Å²) in [6.07, 6.45) is 0.597. The maximum absolute atomic E-state index is 12.9. The van der Waals surface area contributed by atoms with E-state index in [-0.39, 0.29) is 5.91 Å². The molecule has 0 aliphatic carbocycles. The number of ether oxygens (including phenoxy) is 1. The van der Waals surface area contributed by atoms with E-state index in [9.17, 15) is 4.79 Å². The first-order valence-electron chi connectivity index (χ1n) is 9.43. The second-order valence-electron chi connectivity index (χ2n) is 6.77. The first-order chi connectivity index (χ1) is 14.5. The van der Waals surface area contributed by atoms with Gasteiger partial charge in [0.05, 0.1) is 18.0 Å². The number of hydrogen-bond acceptors (Lipinski definition) is 6. The average Bonchev–Trinajstić information content (AvgIpc) is 3.12. The molecule has 2 heterocycles. The molecule has 4 rings (SSSR count). The highest BCUT2D eigenvalue weighted by Crippen LogP contribution is 2.32. The first-order valence-corrected chi connectivity index (χ1v) is 10.7. The van der Waals surface area contributed by atoms with Crippen molar-refractivity contribution < 1.29 is 9.53 Å². The fourth-order valence-corrected chi connectivity index (χ4v) is 4.12. The van der Waals surface area contributed by atoms with Crippen LogP contribution in [-0.4, -0.2) is 38.4 Å². The van der Waals surface area contributed by atoms with Crippen LogP contribution in [-0.2, 0) is 4.79 Å². The predicted molar refractivity (Wildman–Crippen MR) is 120 cm³/mol. The highest BCUT2D eigenvalue weighted by Gasteiger charge is 2.22. The number of anilines is 1. The Morgan fingerprint density at radius 1 is 1.30 bits per heavy atom. The van der Waals surface area contributed by atoms with Gasteiger partial charge in [-0.3, -0.25) is 4.79 Å². The SMILES string of the molecule is CCC(Sc1nnc2c(n1)[nH]c1ccccc12)C(=O)Nc1cc(C)c(Cl)cc1OC. The molecule has 4 aromatic rings. The Morgan fingerprint density at radius 3 is 2.87 bits per heavy atom. The average molecular weight is 442 g/mol. The van der Waals surface area contributed by atoms with Crippen LogP contribution in [0.15, 0.2) is 41.6 Å². The monoisotopic (exact) mass is 441 g/mol. The normalized spacial score (nSPS) is 12.3. The van der Waals surface area contributed by atoms with Crippen LogP contribution in [0.1, 0.15) is 18.9 Å². The zero-order chi connectivity index (χ0) is 21.3. The van der Waals surface area contributed by atoms with E-state index >= 15 is 0 Å². The Morgan fingerprint density at radius 2 is 2.10 bits per heavy atom. The summed E-state index contributed by atoms with van der Waals surface area (Å²) in [5.41, 5.74) is 3.75. The molecular formula is C21H20ClN5O2S. The summed E-state index contributed by atoms with van der Waals surface area (Å²) in [6, 6.07) is 11.3. The van der Waals surface area contributed by atoms with Crippen molar-refractivity contribution in [1.29, 1.82) is 0 Å². The number of carbonyl (C=O) groups excluding carboxylic acids is 1. The number of aromatic amines is 1. The van der Waals surface area contributed by atoms with Crippen molar-refractivity contribution in [3.8, 4) is 5.75 Å². The van der Waals surface area contributed by atoms with Gasteiger partial charge in [-0.05, 0) is 31.0 Å². The lowest BCUT2D eigenvalue weighted by Gasteiger charge is -2.16. The summed E-state index contributed by atoms with van der Waals surface area (Å²) in [6.45, 7) is 3.81. The van der Waals surface area contributed by atoms with E-state index in [0.717, 1.165) is 16.5 Å². The number of halogens is 1. The summed E-state index contributed by atoms with van der Waals surface area (Å²) >= 11 is 7.43. The van der Waals surface area contributed by atoms with Gasteiger partial charge >= 0.3 is 0 Å². The molecule has 0 saturated heterocycles. The molecule has 2 aromatic carbocycles. The quantitative estimate of drug-likeness (QED) is 0.409. The van der Waals surface area contributed by atoms with Crippen molar-refractivity contribution in [1.82, 2.24) is 20.2 Å². The standard InChI is InChI=1S/C21H20ClN5O2S/c1-4-17(20(28)24-15-9-11(2)13(22)10-16(15)29-3)30-21-25-19-18(26-27-21)12-7-5-6-8-14(12)23-19/h5-10,17H,4H2,1-3H3,(H,24,28)(H,23,25,27). The van der Waals surface area contributed by atoms with Crippen LogP contribution in [0.25, 0.3) is 22.1 Å². The molecule has 0 aliphatic rings. The number of H-pyrrole nitrogens is 1. The second-order valence-corrected chi connectivity index (χ2v) is 8.34. The number of para-hydroxylation sites is 1. The summed E-state index contributed by atoms with van der Waals surface area (Å²) in [4.78, 5) is 20.7. The molecule has 0 radical (unpaired) electrons. The number of nitrogens with one attached hydrogen (secondary N) is 2. The third-order valence-corrected chi connectivity index (χ3v) is 6.37. The lowest BCUT2D eigenvalue weighted by Crippen LogP contribution is -2.25. The number of hydrogen-bond donors (Lipinski definition) is 2. The van der Waals surface area contributed by atoms with Gasteiger partial charge in [-0.2, -0.15) is 0 Å². The van der Waals surface area contributed by atoms with Gasteiger partial charge in [0, 0.05) is 22.0 Å².